The number of hydrogen-bond acceptors (Lipinski definition) is 5. The average molecular weight is 526 g/mol. The van der Waals surface area contributed by atoms with Gasteiger partial charge in [0, 0.05) is 51.7 Å². The number of para-hydroxylation sites is 1. The van der Waals surface area contributed by atoms with Crippen molar-refractivity contribution in [1.82, 2.24) is 20.5 Å². The number of fused-ring (bicyclic) bond motifs is 1. The van der Waals surface area contributed by atoms with Gasteiger partial charge in [0.2, 0.25) is 0 Å². The third kappa shape index (κ3) is 7.88. The Morgan fingerprint density at radius 3 is 2.83 bits per heavy atom. The Bertz CT molecular complexity index is 800. The van der Waals surface area contributed by atoms with Gasteiger partial charge in [-0.25, -0.2) is 4.98 Å². The van der Waals surface area contributed by atoms with Gasteiger partial charge in [-0.2, -0.15) is 0 Å². The van der Waals surface area contributed by atoms with Crippen LogP contribution in [0.1, 0.15) is 13.8 Å². The van der Waals surface area contributed by atoms with E-state index in [1.807, 2.05) is 24.3 Å². The van der Waals surface area contributed by atoms with Gasteiger partial charge in [-0.3, -0.25) is 9.89 Å². The largest absolute Gasteiger partial charge is 0.374 e. The number of aromatic nitrogens is 1. The van der Waals surface area contributed by atoms with Crippen LogP contribution in [0.3, 0.4) is 0 Å². The fourth-order valence-corrected chi connectivity index (χ4v) is 3.55. The van der Waals surface area contributed by atoms with Gasteiger partial charge in [0.25, 0.3) is 0 Å². The molecule has 30 heavy (non-hydrogen) atoms. The summed E-state index contributed by atoms with van der Waals surface area (Å²) >= 11 is 0. The average Bonchev–Trinajstić information content (AvgIpc) is 2.73. The lowest BCUT2D eigenvalue weighted by atomic mass is 10.2. The lowest BCUT2D eigenvalue weighted by molar-refractivity contribution is -0.0284. The molecule has 0 bridgehead atoms. The summed E-state index contributed by atoms with van der Waals surface area (Å²) in [6.45, 7) is 10.7. The van der Waals surface area contributed by atoms with Gasteiger partial charge in [0.05, 0.1) is 18.2 Å². The normalized spacial score (nSPS) is 17.6. The molecule has 0 saturated carbocycles. The second kappa shape index (κ2) is 12.9. The second-order valence-corrected chi connectivity index (χ2v) is 7.84. The number of hydrogen-bond donors (Lipinski definition) is 3. The van der Waals surface area contributed by atoms with E-state index in [1.165, 1.54) is 0 Å². The molecule has 0 radical (unpaired) electrons. The van der Waals surface area contributed by atoms with E-state index < -0.39 is 0 Å². The van der Waals surface area contributed by atoms with Crippen molar-refractivity contribution < 1.29 is 4.74 Å². The van der Waals surface area contributed by atoms with Crippen LogP contribution in [0.2, 0.25) is 0 Å². The van der Waals surface area contributed by atoms with Crippen molar-refractivity contribution in [2.45, 2.75) is 20.0 Å². The first-order valence-corrected chi connectivity index (χ1v) is 10.5. The van der Waals surface area contributed by atoms with E-state index in [9.17, 15) is 0 Å². The zero-order chi connectivity index (χ0) is 20.5. The van der Waals surface area contributed by atoms with Crippen molar-refractivity contribution in [3.63, 3.8) is 0 Å². The maximum atomic E-state index is 5.90. The molecule has 0 amide bonds. The molecule has 8 heteroatoms. The van der Waals surface area contributed by atoms with Gasteiger partial charge in [-0.1, -0.05) is 32.0 Å². The zero-order valence-corrected chi connectivity index (χ0v) is 20.6. The van der Waals surface area contributed by atoms with Crippen molar-refractivity contribution in [3.05, 3.63) is 36.4 Å². The summed E-state index contributed by atoms with van der Waals surface area (Å²) in [5, 5.41) is 11.2. The fourth-order valence-electron chi connectivity index (χ4n) is 3.55. The molecule has 1 atom stereocenters. The number of anilines is 1. The van der Waals surface area contributed by atoms with Crippen LogP contribution in [0.15, 0.2) is 41.4 Å². The van der Waals surface area contributed by atoms with Crippen molar-refractivity contribution in [3.8, 4) is 0 Å². The minimum atomic E-state index is 0. The number of halogens is 1. The van der Waals surface area contributed by atoms with E-state index in [2.05, 4.69) is 56.8 Å². The number of morpholine rings is 1. The third-order valence-corrected chi connectivity index (χ3v) is 4.89. The minimum absolute atomic E-state index is 0. The predicted octanol–water partition coefficient (Wildman–Crippen LogP) is 2.79. The van der Waals surface area contributed by atoms with Gasteiger partial charge in [0.1, 0.15) is 5.82 Å². The molecule has 7 nitrogen and oxygen atoms in total. The molecule has 2 aromatic rings. The highest BCUT2D eigenvalue weighted by atomic mass is 127. The summed E-state index contributed by atoms with van der Waals surface area (Å²) < 4.78 is 5.90. The Balaban J connectivity index is 0.00000320. The molecule has 3 rings (SSSR count). The number of aliphatic imine (C=N–C) groups is 1. The van der Waals surface area contributed by atoms with Crippen LogP contribution in [0.25, 0.3) is 10.9 Å². The Labute approximate surface area is 197 Å². The number of ether oxygens (including phenoxy) is 1. The highest BCUT2D eigenvalue weighted by molar-refractivity contribution is 14.0. The standard InChI is InChI=1S/C22H34N6O.HI/c1-17(2)15-28-12-13-29-19(16-28)14-26-22(23-3)25-11-10-24-21-9-8-18-6-4-5-7-20(18)27-21;/h4-9,17,19H,10-16H2,1-3H3,(H,24,27)(H2,23,25,26);1H. The van der Waals surface area contributed by atoms with Crippen molar-refractivity contribution >= 4 is 46.7 Å². The molecule has 1 aliphatic rings. The van der Waals surface area contributed by atoms with E-state index in [0.717, 1.165) is 68.6 Å². The van der Waals surface area contributed by atoms with Gasteiger partial charge >= 0.3 is 0 Å². The highest BCUT2D eigenvalue weighted by Gasteiger charge is 2.20. The predicted molar refractivity (Wildman–Crippen MR) is 136 cm³/mol. The van der Waals surface area contributed by atoms with Crippen LogP contribution >= 0.6 is 24.0 Å². The SMILES string of the molecule is CN=C(NCCNc1ccc2ccccc2n1)NCC1CN(CC(C)C)CCO1.I. The maximum absolute atomic E-state index is 5.90. The molecule has 1 unspecified atom stereocenters. The summed E-state index contributed by atoms with van der Waals surface area (Å²) in [5.41, 5.74) is 1.00. The second-order valence-electron chi connectivity index (χ2n) is 7.84. The Kier molecular flexibility index (Phi) is 10.6. The van der Waals surface area contributed by atoms with Crippen LogP contribution in [0.5, 0.6) is 0 Å². The topological polar surface area (TPSA) is 73.8 Å². The van der Waals surface area contributed by atoms with E-state index >= 15 is 0 Å². The Morgan fingerprint density at radius 1 is 1.20 bits per heavy atom. The smallest absolute Gasteiger partial charge is 0.191 e. The molecule has 3 N–H and O–H groups in total. The summed E-state index contributed by atoms with van der Waals surface area (Å²) in [7, 11) is 1.79. The van der Waals surface area contributed by atoms with Gasteiger partial charge < -0.3 is 20.7 Å². The van der Waals surface area contributed by atoms with Crippen LogP contribution in [-0.2, 0) is 4.74 Å². The molecule has 0 aliphatic carbocycles. The molecular weight excluding hydrogens is 491 g/mol. The fraction of sp³-hybridized carbons (Fsp3) is 0.545. The molecule has 166 valence electrons. The molecular formula is C22H35IN6O. The van der Waals surface area contributed by atoms with Crippen LogP contribution in [0.4, 0.5) is 5.82 Å². The Hall–Kier alpha value is -1.65. The van der Waals surface area contributed by atoms with Crippen molar-refractivity contribution in [2.24, 2.45) is 10.9 Å². The molecule has 1 aromatic carbocycles. The molecule has 1 aromatic heterocycles. The third-order valence-electron chi connectivity index (χ3n) is 4.89. The number of nitrogens with zero attached hydrogens (tertiary/aromatic N) is 3. The molecule has 1 saturated heterocycles. The number of pyridine rings is 1. The summed E-state index contributed by atoms with van der Waals surface area (Å²) in [4.78, 5) is 11.4. The molecule has 1 aliphatic heterocycles. The first-order valence-electron chi connectivity index (χ1n) is 10.5. The molecule has 1 fully saturated rings. The van der Waals surface area contributed by atoms with Crippen LogP contribution < -0.4 is 16.0 Å². The van der Waals surface area contributed by atoms with Crippen molar-refractivity contribution in [2.75, 3.05) is 58.2 Å². The van der Waals surface area contributed by atoms with E-state index in [1.54, 1.807) is 7.05 Å². The van der Waals surface area contributed by atoms with E-state index in [0.29, 0.717) is 5.92 Å². The van der Waals surface area contributed by atoms with E-state index in [-0.39, 0.29) is 30.1 Å². The zero-order valence-electron chi connectivity index (χ0n) is 18.2. The van der Waals surface area contributed by atoms with Crippen LogP contribution in [0, 0.1) is 5.92 Å². The molecule has 0 spiro atoms. The van der Waals surface area contributed by atoms with Gasteiger partial charge in [0.15, 0.2) is 5.96 Å². The van der Waals surface area contributed by atoms with Gasteiger partial charge in [-0.15, -0.1) is 24.0 Å². The lowest BCUT2D eigenvalue weighted by Gasteiger charge is -2.34. The van der Waals surface area contributed by atoms with Crippen molar-refractivity contribution in [1.29, 1.82) is 0 Å². The number of rotatable bonds is 8. The number of nitrogens with one attached hydrogen (secondary N) is 3. The summed E-state index contributed by atoms with van der Waals surface area (Å²) in [5.74, 6) is 2.36. The van der Waals surface area contributed by atoms with Gasteiger partial charge in [-0.05, 0) is 24.1 Å². The quantitative estimate of drug-likeness (QED) is 0.213. The minimum Gasteiger partial charge on any atom is -0.374 e. The number of guanidine groups is 1. The van der Waals surface area contributed by atoms with Crippen LogP contribution in [-0.4, -0.2) is 74.9 Å². The first kappa shape index (κ1) is 24.6. The highest BCUT2D eigenvalue weighted by Crippen LogP contribution is 2.14. The lowest BCUT2D eigenvalue weighted by Crippen LogP contribution is -2.50. The first-order chi connectivity index (χ1) is 14.1. The maximum Gasteiger partial charge on any atom is 0.191 e. The van der Waals surface area contributed by atoms with E-state index in [4.69, 9.17) is 4.74 Å². The molecule has 2 heterocycles. The summed E-state index contributed by atoms with van der Waals surface area (Å²) in [6, 6.07) is 12.2. The summed E-state index contributed by atoms with van der Waals surface area (Å²) in [6.07, 6.45) is 0.195. The monoisotopic (exact) mass is 526 g/mol. The Morgan fingerprint density at radius 2 is 2.03 bits per heavy atom. The number of benzene rings is 1.